The molecule has 25 heavy (non-hydrogen) atoms. The number of halogens is 4. The van der Waals surface area contributed by atoms with E-state index in [4.69, 9.17) is 11.6 Å². The summed E-state index contributed by atoms with van der Waals surface area (Å²) in [5.74, 6) is 0. The van der Waals surface area contributed by atoms with E-state index in [0.29, 0.717) is 16.1 Å². The van der Waals surface area contributed by atoms with Gasteiger partial charge in [0.15, 0.2) is 0 Å². The van der Waals surface area contributed by atoms with Gasteiger partial charge in [-0.2, -0.15) is 21.6 Å². The standard InChI is InChI=1S/C15H11ClF3NO4S/c1-10-8-9-20(24-25(22,23)15(17,18)19)14(21)13(10)7-4-11-2-5-12(16)6-3-11/h2-9H,1H3. The molecule has 0 radical (unpaired) electrons. The van der Waals surface area contributed by atoms with Crippen LogP contribution in [0.25, 0.3) is 12.2 Å². The van der Waals surface area contributed by atoms with Crippen LogP contribution in [0, 0.1) is 6.92 Å². The minimum atomic E-state index is -5.95. The molecular formula is C15H11ClF3NO4S. The van der Waals surface area contributed by atoms with E-state index >= 15 is 0 Å². The van der Waals surface area contributed by atoms with E-state index in [1.54, 1.807) is 31.2 Å². The van der Waals surface area contributed by atoms with Crippen molar-refractivity contribution < 1.29 is 25.9 Å². The third-order valence-electron chi connectivity index (χ3n) is 3.09. The Morgan fingerprint density at radius 1 is 1.12 bits per heavy atom. The highest BCUT2D eigenvalue weighted by atomic mass is 35.5. The maximum absolute atomic E-state index is 12.4. The van der Waals surface area contributed by atoms with E-state index in [1.165, 1.54) is 18.2 Å². The predicted octanol–water partition coefficient (Wildman–Crippen LogP) is 3.26. The van der Waals surface area contributed by atoms with Crippen LogP contribution in [0.15, 0.2) is 41.3 Å². The molecule has 0 fully saturated rings. The summed E-state index contributed by atoms with van der Waals surface area (Å²) < 4.78 is 63.1. The molecule has 2 aromatic rings. The van der Waals surface area contributed by atoms with Crippen molar-refractivity contribution in [1.29, 1.82) is 0 Å². The Morgan fingerprint density at radius 2 is 1.72 bits per heavy atom. The first-order valence-electron chi connectivity index (χ1n) is 6.68. The van der Waals surface area contributed by atoms with Gasteiger partial charge in [0.25, 0.3) is 5.56 Å². The van der Waals surface area contributed by atoms with Crippen LogP contribution in [0.4, 0.5) is 13.2 Å². The number of pyridine rings is 1. The molecule has 0 saturated heterocycles. The zero-order valence-corrected chi connectivity index (χ0v) is 14.2. The summed E-state index contributed by atoms with van der Waals surface area (Å²) in [7, 11) is -5.95. The fourth-order valence-corrected chi connectivity index (χ4v) is 2.33. The zero-order chi connectivity index (χ0) is 18.8. The first-order chi connectivity index (χ1) is 11.5. The minimum absolute atomic E-state index is 0.0187. The Hall–Kier alpha value is -2.26. The Morgan fingerprint density at radius 3 is 2.28 bits per heavy atom. The fourth-order valence-electron chi connectivity index (χ4n) is 1.79. The normalized spacial score (nSPS) is 12.5. The van der Waals surface area contributed by atoms with Crippen molar-refractivity contribution in [1.82, 2.24) is 4.73 Å². The molecule has 0 aliphatic heterocycles. The van der Waals surface area contributed by atoms with E-state index in [1.807, 2.05) is 0 Å². The molecule has 0 saturated carbocycles. The summed E-state index contributed by atoms with van der Waals surface area (Å²) in [6.07, 6.45) is 3.68. The highest BCUT2D eigenvalue weighted by molar-refractivity contribution is 7.87. The van der Waals surface area contributed by atoms with Gasteiger partial charge in [-0.05, 0) is 42.3 Å². The van der Waals surface area contributed by atoms with Crippen molar-refractivity contribution in [3.8, 4) is 0 Å². The Balaban J connectivity index is 2.41. The smallest absolute Gasteiger partial charge is 0.278 e. The highest BCUT2D eigenvalue weighted by Gasteiger charge is 2.49. The fraction of sp³-hybridized carbons (Fsp3) is 0.133. The number of hydrogen-bond donors (Lipinski definition) is 0. The van der Waals surface area contributed by atoms with Gasteiger partial charge in [0, 0.05) is 16.8 Å². The number of aromatic nitrogens is 1. The largest absolute Gasteiger partial charge is 0.536 e. The molecular weight excluding hydrogens is 383 g/mol. The van der Waals surface area contributed by atoms with Crippen molar-refractivity contribution >= 4 is 33.9 Å². The zero-order valence-electron chi connectivity index (χ0n) is 12.6. The van der Waals surface area contributed by atoms with Gasteiger partial charge in [0.05, 0.1) is 0 Å². The molecule has 0 bridgehead atoms. The Bertz CT molecular complexity index is 964. The van der Waals surface area contributed by atoms with Crippen LogP contribution in [0.2, 0.25) is 5.02 Å². The molecule has 0 atom stereocenters. The summed E-state index contributed by atoms with van der Waals surface area (Å²) in [5, 5.41) is 0.515. The van der Waals surface area contributed by atoms with Crippen LogP contribution in [-0.2, 0) is 10.1 Å². The monoisotopic (exact) mass is 393 g/mol. The van der Waals surface area contributed by atoms with Gasteiger partial charge >= 0.3 is 15.6 Å². The summed E-state index contributed by atoms with van der Waals surface area (Å²) in [6, 6.07) is 7.84. The van der Waals surface area contributed by atoms with Gasteiger partial charge < -0.3 is 0 Å². The van der Waals surface area contributed by atoms with Gasteiger partial charge in [-0.15, -0.1) is 4.73 Å². The lowest BCUT2D eigenvalue weighted by molar-refractivity contribution is -0.0549. The molecule has 0 amide bonds. The minimum Gasteiger partial charge on any atom is -0.278 e. The Labute approximate surface area is 146 Å². The van der Waals surface area contributed by atoms with Crippen molar-refractivity contribution in [2.75, 3.05) is 0 Å². The summed E-state index contributed by atoms with van der Waals surface area (Å²) >= 11 is 5.76. The molecule has 134 valence electrons. The first-order valence-corrected chi connectivity index (χ1v) is 8.47. The van der Waals surface area contributed by atoms with Crippen LogP contribution < -0.4 is 9.84 Å². The second-order valence-corrected chi connectivity index (χ2v) is 6.86. The molecule has 5 nitrogen and oxygen atoms in total. The number of benzene rings is 1. The number of nitrogens with zero attached hydrogens (tertiary/aromatic N) is 1. The van der Waals surface area contributed by atoms with Gasteiger partial charge in [-0.25, -0.2) is 0 Å². The van der Waals surface area contributed by atoms with E-state index in [-0.39, 0.29) is 10.3 Å². The molecule has 0 aliphatic rings. The van der Waals surface area contributed by atoms with Crippen molar-refractivity contribution in [3.05, 3.63) is 68.6 Å². The number of hydrogen-bond acceptors (Lipinski definition) is 4. The predicted molar refractivity (Wildman–Crippen MR) is 87.4 cm³/mol. The number of alkyl halides is 3. The number of aryl methyl sites for hydroxylation is 1. The van der Waals surface area contributed by atoms with Crippen LogP contribution in [0.5, 0.6) is 0 Å². The summed E-state index contributed by atoms with van der Waals surface area (Å²) in [5.41, 5.74) is -5.59. The van der Waals surface area contributed by atoms with Gasteiger partial charge in [-0.3, -0.25) is 9.08 Å². The van der Waals surface area contributed by atoms with E-state index in [9.17, 15) is 26.4 Å². The van der Waals surface area contributed by atoms with Crippen LogP contribution in [0.1, 0.15) is 16.7 Å². The first kappa shape index (κ1) is 19.1. The molecule has 1 aromatic carbocycles. The molecule has 1 heterocycles. The lowest BCUT2D eigenvalue weighted by Gasteiger charge is -2.11. The lowest BCUT2D eigenvalue weighted by atomic mass is 10.1. The lowest BCUT2D eigenvalue weighted by Crippen LogP contribution is -2.38. The van der Waals surface area contributed by atoms with Crippen molar-refractivity contribution in [3.63, 3.8) is 0 Å². The maximum atomic E-state index is 12.4. The van der Waals surface area contributed by atoms with Gasteiger partial charge in [-0.1, -0.05) is 29.8 Å². The van der Waals surface area contributed by atoms with E-state index in [2.05, 4.69) is 4.28 Å². The molecule has 0 spiro atoms. The molecule has 0 unspecified atom stereocenters. The topological polar surface area (TPSA) is 65.4 Å². The molecule has 10 heteroatoms. The average Bonchev–Trinajstić information content (AvgIpc) is 2.50. The highest BCUT2D eigenvalue weighted by Crippen LogP contribution is 2.22. The van der Waals surface area contributed by atoms with E-state index in [0.717, 1.165) is 6.20 Å². The third kappa shape index (κ3) is 4.43. The Kier molecular flexibility index (Phi) is 5.28. The molecule has 1 aromatic heterocycles. The summed E-state index contributed by atoms with van der Waals surface area (Å²) in [4.78, 5) is 12.2. The van der Waals surface area contributed by atoms with E-state index < -0.39 is 21.2 Å². The van der Waals surface area contributed by atoms with Gasteiger partial charge in [0.1, 0.15) is 0 Å². The van der Waals surface area contributed by atoms with Gasteiger partial charge in [0.2, 0.25) is 0 Å². The van der Waals surface area contributed by atoms with Crippen molar-refractivity contribution in [2.24, 2.45) is 0 Å². The second kappa shape index (κ2) is 6.93. The third-order valence-corrected chi connectivity index (χ3v) is 4.27. The van der Waals surface area contributed by atoms with Crippen LogP contribution in [0.3, 0.4) is 0 Å². The quantitative estimate of drug-likeness (QED) is 0.748. The number of rotatable bonds is 4. The van der Waals surface area contributed by atoms with Crippen molar-refractivity contribution in [2.45, 2.75) is 12.4 Å². The second-order valence-electron chi connectivity index (χ2n) is 4.90. The average molecular weight is 394 g/mol. The molecule has 0 N–H and O–H groups in total. The summed E-state index contributed by atoms with van der Waals surface area (Å²) in [6.45, 7) is 1.55. The van der Waals surface area contributed by atoms with Crippen LogP contribution >= 0.6 is 11.6 Å². The molecule has 2 rings (SSSR count). The maximum Gasteiger partial charge on any atom is 0.536 e. The molecule has 0 aliphatic carbocycles. The SMILES string of the molecule is Cc1ccn(OS(=O)(=O)C(F)(F)F)c(=O)c1C=Cc1ccc(Cl)cc1. The van der Waals surface area contributed by atoms with Crippen LogP contribution in [-0.4, -0.2) is 18.7 Å².